The molecule has 5 aliphatic rings. The van der Waals surface area contributed by atoms with E-state index in [-0.39, 0.29) is 24.8 Å². The molecule has 0 bridgehead atoms. The Bertz CT molecular complexity index is 2170. The summed E-state index contributed by atoms with van der Waals surface area (Å²) in [6.45, 7) is 10.5. The van der Waals surface area contributed by atoms with Gasteiger partial charge in [-0.3, -0.25) is 19.2 Å². The number of ether oxygens (including phenoxy) is 3. The van der Waals surface area contributed by atoms with Gasteiger partial charge in [-0.2, -0.15) is 0 Å². The van der Waals surface area contributed by atoms with Gasteiger partial charge >= 0.3 is 6.09 Å². The number of halogens is 2. The largest absolute Gasteiger partial charge is 0.444 e. The van der Waals surface area contributed by atoms with Crippen molar-refractivity contribution in [3.8, 4) is 0 Å². The Labute approximate surface area is 353 Å². The van der Waals surface area contributed by atoms with E-state index in [2.05, 4.69) is 16.0 Å². The number of hydrogen-bond acceptors (Lipinski definition) is 10. The fraction of sp³-hybridized carbons (Fsp3) is 0.543. The predicted molar refractivity (Wildman–Crippen MR) is 218 cm³/mol. The maximum absolute atomic E-state index is 17.7. The molecule has 3 amide bonds. The Morgan fingerprint density at radius 1 is 0.967 bits per heavy atom. The summed E-state index contributed by atoms with van der Waals surface area (Å²) in [4.78, 5) is 63.8. The lowest BCUT2D eigenvalue weighted by atomic mass is 9.44. The topological polar surface area (TPSA) is 190 Å². The van der Waals surface area contributed by atoms with Crippen molar-refractivity contribution in [2.45, 2.75) is 128 Å². The summed E-state index contributed by atoms with van der Waals surface area (Å²) >= 11 is 0. The van der Waals surface area contributed by atoms with E-state index in [1.54, 1.807) is 52.0 Å². The highest BCUT2D eigenvalue weighted by Gasteiger charge is 2.80. The zero-order valence-corrected chi connectivity index (χ0v) is 35.4. The van der Waals surface area contributed by atoms with Crippen molar-refractivity contribution in [3.05, 3.63) is 89.0 Å². The molecule has 0 aromatic heterocycles. The average molecular weight is 848 g/mol. The van der Waals surface area contributed by atoms with Crippen molar-refractivity contribution in [2.24, 2.45) is 22.7 Å². The van der Waals surface area contributed by atoms with E-state index < -0.39 is 112 Å². The molecule has 2 aromatic rings. The van der Waals surface area contributed by atoms with Gasteiger partial charge in [-0.05, 0) is 114 Å². The molecule has 4 aliphatic carbocycles. The number of allylic oxidation sites excluding steroid dienone is 4. The number of carbonyl (C=O) groups excluding carboxylic acids is 5. The summed E-state index contributed by atoms with van der Waals surface area (Å²) in [6, 6.07) is 12.7. The molecule has 1 saturated heterocycles. The van der Waals surface area contributed by atoms with Crippen molar-refractivity contribution in [1.82, 2.24) is 10.6 Å². The third kappa shape index (κ3) is 7.50. The van der Waals surface area contributed by atoms with Crippen molar-refractivity contribution in [3.63, 3.8) is 0 Å². The minimum Gasteiger partial charge on any atom is -0.444 e. The van der Waals surface area contributed by atoms with E-state index >= 15 is 8.78 Å². The molecule has 3 saturated carbocycles. The van der Waals surface area contributed by atoms with E-state index in [0.29, 0.717) is 17.7 Å². The molecule has 4 fully saturated rings. The summed E-state index contributed by atoms with van der Waals surface area (Å²) < 4.78 is 51.9. The summed E-state index contributed by atoms with van der Waals surface area (Å²) in [7, 11) is 0. The van der Waals surface area contributed by atoms with Crippen LogP contribution in [0.25, 0.3) is 0 Å². The maximum Gasteiger partial charge on any atom is 0.408 e. The van der Waals surface area contributed by atoms with Gasteiger partial charge in [0.25, 0.3) is 0 Å². The first-order valence-corrected chi connectivity index (χ1v) is 20.8. The van der Waals surface area contributed by atoms with Crippen LogP contribution in [0.4, 0.5) is 19.3 Å². The molecule has 1 aliphatic heterocycles. The van der Waals surface area contributed by atoms with Crippen molar-refractivity contribution in [2.75, 3.05) is 11.9 Å². The fourth-order valence-corrected chi connectivity index (χ4v) is 10.7. The number of alkyl carbamates (subject to hydrolysis) is 1. The normalized spacial score (nSPS) is 34.7. The number of hydrogen-bond donors (Lipinski definition) is 5. The molecule has 15 heteroatoms. The number of fused-ring (bicyclic) bond motifs is 7. The molecule has 0 unspecified atom stereocenters. The maximum atomic E-state index is 17.7. The minimum atomic E-state index is -2.34. The van der Waals surface area contributed by atoms with E-state index in [9.17, 15) is 34.2 Å². The highest BCUT2D eigenvalue weighted by molar-refractivity contribution is 6.01. The van der Waals surface area contributed by atoms with Gasteiger partial charge in [0.2, 0.25) is 11.8 Å². The van der Waals surface area contributed by atoms with Gasteiger partial charge in [0.15, 0.2) is 29.1 Å². The van der Waals surface area contributed by atoms with E-state index in [1.807, 2.05) is 24.3 Å². The Morgan fingerprint density at radius 3 is 2.33 bits per heavy atom. The number of aliphatic hydroxyl groups excluding tert-OH is 2. The molecular weight excluding hydrogens is 793 g/mol. The smallest absolute Gasteiger partial charge is 0.408 e. The molecule has 12 atom stereocenters. The van der Waals surface area contributed by atoms with Gasteiger partial charge in [0.1, 0.15) is 30.5 Å². The fourth-order valence-electron chi connectivity index (χ4n) is 10.7. The quantitative estimate of drug-likeness (QED) is 0.211. The van der Waals surface area contributed by atoms with Gasteiger partial charge in [0.05, 0.1) is 12.2 Å². The number of Topliss-reactive ketones (excluding diaryl/α,β-unsaturated/α-hetero) is 1. The number of anilines is 1. The first kappa shape index (κ1) is 44.2. The zero-order chi connectivity index (χ0) is 44.4. The van der Waals surface area contributed by atoms with Crippen LogP contribution in [-0.2, 0) is 39.8 Å². The molecule has 0 radical (unpaired) electrons. The van der Waals surface area contributed by atoms with Crippen LogP contribution in [0.15, 0.2) is 72.3 Å². The van der Waals surface area contributed by atoms with E-state index in [4.69, 9.17) is 14.2 Å². The van der Waals surface area contributed by atoms with E-state index in [0.717, 1.165) is 17.2 Å². The summed E-state index contributed by atoms with van der Waals surface area (Å²) in [5.74, 6) is -3.83. The predicted octanol–water partition coefficient (Wildman–Crippen LogP) is 5.28. The molecule has 1 heterocycles. The number of rotatable bonds is 10. The number of benzene rings is 2. The molecule has 328 valence electrons. The molecule has 7 rings (SSSR count). The van der Waals surface area contributed by atoms with Gasteiger partial charge in [-0.1, -0.05) is 49.4 Å². The average Bonchev–Trinajstić information content (AvgIpc) is 3.69. The lowest BCUT2D eigenvalue weighted by molar-refractivity contribution is -0.235. The number of alkyl halides is 2. The molecule has 0 spiro atoms. The van der Waals surface area contributed by atoms with Crippen LogP contribution in [0.1, 0.15) is 90.7 Å². The Hall–Kier alpha value is -4.83. The first-order chi connectivity index (χ1) is 28.6. The third-order valence-corrected chi connectivity index (χ3v) is 13.7. The van der Waals surface area contributed by atoms with Crippen LogP contribution >= 0.6 is 0 Å². The van der Waals surface area contributed by atoms with E-state index in [1.165, 1.54) is 32.9 Å². The molecular formula is C46H55F2N3O10. The first-order valence-electron chi connectivity index (χ1n) is 20.8. The highest BCUT2D eigenvalue weighted by atomic mass is 19.1. The second kappa shape index (κ2) is 15.8. The highest BCUT2D eigenvalue weighted by Crippen LogP contribution is 2.72. The summed E-state index contributed by atoms with van der Waals surface area (Å²) in [6.07, 6.45) is -2.19. The molecule has 5 N–H and O–H groups in total. The molecule has 2 aromatic carbocycles. The van der Waals surface area contributed by atoms with Crippen LogP contribution in [0.3, 0.4) is 0 Å². The monoisotopic (exact) mass is 847 g/mol. The number of aliphatic hydroxyl groups is 2. The van der Waals surface area contributed by atoms with Crippen LogP contribution in [0.5, 0.6) is 0 Å². The van der Waals surface area contributed by atoms with Gasteiger partial charge in [-0.25, -0.2) is 13.6 Å². The summed E-state index contributed by atoms with van der Waals surface area (Å²) in [5, 5.41) is 29.9. The number of nitrogens with one attached hydrogen (secondary N) is 3. The van der Waals surface area contributed by atoms with Gasteiger partial charge < -0.3 is 40.4 Å². The van der Waals surface area contributed by atoms with Gasteiger partial charge in [0, 0.05) is 28.0 Å². The van der Waals surface area contributed by atoms with Gasteiger partial charge in [-0.15, -0.1) is 0 Å². The van der Waals surface area contributed by atoms with Crippen LogP contribution in [0.2, 0.25) is 0 Å². The van der Waals surface area contributed by atoms with Crippen LogP contribution < -0.4 is 16.0 Å². The zero-order valence-electron chi connectivity index (χ0n) is 35.4. The van der Waals surface area contributed by atoms with Crippen LogP contribution in [-0.4, -0.2) is 93.6 Å². The second-order valence-electron chi connectivity index (χ2n) is 18.7. The Kier molecular flexibility index (Phi) is 11.5. The lowest BCUT2D eigenvalue weighted by Gasteiger charge is -2.63. The molecule has 13 nitrogen and oxygen atoms in total. The minimum absolute atomic E-state index is 0.00604. The number of ketones is 2. The SMILES string of the molecule is C[C@H](NC(=O)OC(C)(C)C)C(=O)N[C@@H](C)C(=O)Nc1cccc(Cc2ccc([C@@H]3O[C@@H]4C[C@H]5[C@@H]6C[C@H](F)C7=CC(=O)C=C[C@]7(C)[C@@]6(F)[C@@H](O)C[C@]5(C)[C@]4(C(=O)CO)O3)cc2)c1. The third-order valence-electron chi connectivity index (χ3n) is 13.7. The Morgan fingerprint density at radius 2 is 1.66 bits per heavy atom. The second-order valence-corrected chi connectivity index (χ2v) is 18.7. The number of amides is 3. The van der Waals surface area contributed by atoms with Crippen molar-refractivity contribution in [1.29, 1.82) is 0 Å². The van der Waals surface area contributed by atoms with Crippen molar-refractivity contribution < 1.29 is 57.2 Å². The van der Waals surface area contributed by atoms with Crippen LogP contribution in [0, 0.1) is 22.7 Å². The standard InChI is InChI=1S/C46H55F2N3O10/c1-24(49-38(56)25(2)50-41(58)61-42(3,4)5)39(57)51-29-10-8-9-27(18-29)17-26-11-13-28(14-12-26)40-59-37-21-31-32-20-34(47)33-19-30(53)15-16-43(33,6)45(32,48)35(54)22-44(31,7)46(37,60-40)36(55)23-52/h8-16,18-19,24-25,31-32,34-35,37,40,52,54H,17,20-23H2,1-7H3,(H,49,56)(H,50,58)(H,51,57)/t24-,25-,31-,32-,34-,35-,37+,40+,43-,44-,45-,46+/m0/s1. The summed E-state index contributed by atoms with van der Waals surface area (Å²) in [5.41, 5.74) is -4.77. The number of carbonyl (C=O) groups is 5. The lowest BCUT2D eigenvalue weighted by Crippen LogP contribution is -2.70. The van der Waals surface area contributed by atoms with Crippen molar-refractivity contribution >= 4 is 35.2 Å². The molecule has 61 heavy (non-hydrogen) atoms. The Balaban J connectivity index is 1.01.